The van der Waals surface area contributed by atoms with Crippen LogP contribution in [-0.4, -0.2) is 30.7 Å². The number of quaternary nitrogens is 1. The molecule has 0 atom stereocenters. The first-order valence-electron chi connectivity index (χ1n) is 15.1. The van der Waals surface area contributed by atoms with Crippen molar-refractivity contribution in [3.05, 3.63) is 0 Å². The minimum absolute atomic E-state index is 1.37. The van der Waals surface area contributed by atoms with Crippen LogP contribution in [0.3, 0.4) is 0 Å². The van der Waals surface area contributed by atoms with Gasteiger partial charge in [-0.3, -0.25) is 0 Å². The normalized spacial score (nSPS) is 12.0. The van der Waals surface area contributed by atoms with Gasteiger partial charge in [-0.15, -0.1) is 0 Å². The predicted octanol–water partition coefficient (Wildman–Crippen LogP) is 10.5. The first-order valence-corrected chi connectivity index (χ1v) is 15.1. The summed E-state index contributed by atoms with van der Waals surface area (Å²) in [5.41, 5.74) is 0. The number of unbranched alkanes of at least 4 members (excludes halogenated alkanes) is 18. The summed E-state index contributed by atoms with van der Waals surface area (Å²) in [5, 5.41) is 0. The molecular weight excluding hydrogens is 374 g/mol. The zero-order chi connectivity index (χ0) is 22.9. The van der Waals surface area contributed by atoms with E-state index in [2.05, 4.69) is 27.7 Å². The highest BCUT2D eigenvalue weighted by molar-refractivity contribution is 4.54. The highest BCUT2D eigenvalue weighted by atomic mass is 15.3. The smallest absolute Gasteiger partial charge is 0.0786 e. The standard InChI is InChI=1S/C30H64N/c1-5-9-13-17-21-25-29-31(27-23-19-15-11-7-3,28-24-20-16-12-8-4)30-26-22-18-14-10-6-2/h5-30H2,1-4H3/q+1. The third-order valence-corrected chi connectivity index (χ3v) is 7.44. The van der Waals surface area contributed by atoms with E-state index in [0.29, 0.717) is 0 Å². The molecule has 0 N–H and O–H groups in total. The minimum Gasteiger partial charge on any atom is -0.324 e. The van der Waals surface area contributed by atoms with Gasteiger partial charge in [-0.2, -0.15) is 0 Å². The summed E-state index contributed by atoms with van der Waals surface area (Å²) in [5.74, 6) is 0. The summed E-state index contributed by atoms with van der Waals surface area (Å²) < 4.78 is 1.47. The molecule has 0 saturated carbocycles. The highest BCUT2D eigenvalue weighted by Crippen LogP contribution is 2.20. The van der Waals surface area contributed by atoms with Gasteiger partial charge >= 0.3 is 0 Å². The van der Waals surface area contributed by atoms with Crippen LogP contribution >= 0.6 is 0 Å². The molecule has 0 amide bonds. The Hall–Kier alpha value is -0.0400. The van der Waals surface area contributed by atoms with Crippen LogP contribution in [0.1, 0.15) is 169 Å². The van der Waals surface area contributed by atoms with Gasteiger partial charge in [0, 0.05) is 0 Å². The van der Waals surface area contributed by atoms with Crippen molar-refractivity contribution in [2.24, 2.45) is 0 Å². The zero-order valence-electron chi connectivity index (χ0n) is 22.8. The second-order valence-electron chi connectivity index (χ2n) is 10.6. The van der Waals surface area contributed by atoms with Gasteiger partial charge in [0.1, 0.15) is 0 Å². The van der Waals surface area contributed by atoms with Gasteiger partial charge in [-0.1, -0.05) is 118 Å². The summed E-state index contributed by atoms with van der Waals surface area (Å²) >= 11 is 0. The van der Waals surface area contributed by atoms with Gasteiger partial charge in [-0.05, 0) is 51.4 Å². The lowest BCUT2D eigenvalue weighted by atomic mass is 10.0. The van der Waals surface area contributed by atoms with E-state index in [1.165, 1.54) is 172 Å². The van der Waals surface area contributed by atoms with E-state index >= 15 is 0 Å². The van der Waals surface area contributed by atoms with Crippen molar-refractivity contribution in [1.29, 1.82) is 0 Å². The number of hydrogen-bond acceptors (Lipinski definition) is 0. The summed E-state index contributed by atoms with van der Waals surface area (Å²) in [6, 6.07) is 0. The Morgan fingerprint density at radius 2 is 0.452 bits per heavy atom. The monoisotopic (exact) mass is 439 g/mol. The Morgan fingerprint density at radius 3 is 0.677 bits per heavy atom. The third-order valence-electron chi connectivity index (χ3n) is 7.44. The van der Waals surface area contributed by atoms with Crippen molar-refractivity contribution in [2.45, 2.75) is 169 Å². The minimum atomic E-state index is 1.37. The van der Waals surface area contributed by atoms with E-state index in [9.17, 15) is 0 Å². The van der Waals surface area contributed by atoms with E-state index in [1.54, 1.807) is 0 Å². The third kappa shape index (κ3) is 20.3. The van der Waals surface area contributed by atoms with E-state index in [0.717, 1.165) is 0 Å². The van der Waals surface area contributed by atoms with Gasteiger partial charge < -0.3 is 4.48 Å². The van der Waals surface area contributed by atoms with Crippen LogP contribution in [0.5, 0.6) is 0 Å². The molecule has 188 valence electrons. The SMILES string of the molecule is CCCCCCCC[N+](CCCCCCC)(CCCCCCC)CCCCCCCC. The second-order valence-corrected chi connectivity index (χ2v) is 10.6. The van der Waals surface area contributed by atoms with Crippen molar-refractivity contribution in [3.8, 4) is 0 Å². The largest absolute Gasteiger partial charge is 0.324 e. The maximum absolute atomic E-state index is 2.34. The van der Waals surface area contributed by atoms with E-state index in [-0.39, 0.29) is 0 Å². The fourth-order valence-electron chi connectivity index (χ4n) is 5.23. The average molecular weight is 439 g/mol. The summed E-state index contributed by atoms with van der Waals surface area (Å²) in [4.78, 5) is 0. The van der Waals surface area contributed by atoms with Crippen LogP contribution < -0.4 is 0 Å². The lowest BCUT2D eigenvalue weighted by Gasteiger charge is -2.40. The molecule has 0 aliphatic carbocycles. The van der Waals surface area contributed by atoms with Crippen LogP contribution in [0.2, 0.25) is 0 Å². The molecule has 0 unspecified atom stereocenters. The summed E-state index contributed by atoms with van der Waals surface area (Å²) in [7, 11) is 0. The Balaban J connectivity index is 4.70. The van der Waals surface area contributed by atoms with Crippen LogP contribution in [0, 0.1) is 0 Å². The molecular formula is C30H64N+. The Kier molecular flexibility index (Phi) is 24.6. The molecule has 0 aliphatic rings. The molecule has 0 aromatic rings. The molecule has 0 heterocycles. The van der Waals surface area contributed by atoms with Crippen LogP contribution in [0.25, 0.3) is 0 Å². The van der Waals surface area contributed by atoms with Crippen molar-refractivity contribution >= 4 is 0 Å². The van der Waals surface area contributed by atoms with Gasteiger partial charge in [0.25, 0.3) is 0 Å². The van der Waals surface area contributed by atoms with Gasteiger partial charge in [0.15, 0.2) is 0 Å². The Bertz CT molecular complexity index is 292. The summed E-state index contributed by atoms with van der Waals surface area (Å²) in [6.07, 6.45) is 31.8. The van der Waals surface area contributed by atoms with E-state index in [4.69, 9.17) is 0 Å². The van der Waals surface area contributed by atoms with Crippen LogP contribution in [0.15, 0.2) is 0 Å². The topological polar surface area (TPSA) is 0 Å². The quantitative estimate of drug-likeness (QED) is 0.0930. The molecule has 0 aromatic heterocycles. The first kappa shape index (κ1) is 31.0. The molecule has 1 heteroatoms. The average Bonchev–Trinajstić information content (AvgIpc) is 2.78. The maximum atomic E-state index is 2.34. The van der Waals surface area contributed by atoms with Crippen molar-refractivity contribution in [2.75, 3.05) is 26.2 Å². The summed E-state index contributed by atoms with van der Waals surface area (Å²) in [6.45, 7) is 15.2. The molecule has 0 rings (SSSR count). The number of nitrogens with zero attached hydrogens (tertiary/aromatic N) is 1. The van der Waals surface area contributed by atoms with Gasteiger partial charge in [0.05, 0.1) is 26.2 Å². The van der Waals surface area contributed by atoms with Crippen molar-refractivity contribution in [3.63, 3.8) is 0 Å². The molecule has 0 aromatic carbocycles. The highest BCUT2D eigenvalue weighted by Gasteiger charge is 2.25. The van der Waals surface area contributed by atoms with Crippen LogP contribution in [0.4, 0.5) is 0 Å². The molecule has 0 spiro atoms. The fourth-order valence-corrected chi connectivity index (χ4v) is 5.23. The Morgan fingerprint density at radius 1 is 0.258 bits per heavy atom. The Labute approximate surface area is 199 Å². The molecule has 0 radical (unpaired) electrons. The second kappa shape index (κ2) is 24.6. The fraction of sp³-hybridized carbons (Fsp3) is 1.00. The number of hydrogen-bond donors (Lipinski definition) is 0. The number of rotatable bonds is 26. The van der Waals surface area contributed by atoms with Crippen molar-refractivity contribution in [1.82, 2.24) is 0 Å². The first-order chi connectivity index (χ1) is 15.2. The molecule has 0 bridgehead atoms. The van der Waals surface area contributed by atoms with Crippen molar-refractivity contribution < 1.29 is 4.48 Å². The van der Waals surface area contributed by atoms with Crippen LogP contribution in [-0.2, 0) is 0 Å². The molecule has 0 fully saturated rings. The lowest BCUT2D eigenvalue weighted by molar-refractivity contribution is -0.929. The van der Waals surface area contributed by atoms with Gasteiger partial charge in [-0.25, -0.2) is 0 Å². The maximum Gasteiger partial charge on any atom is 0.0786 e. The van der Waals surface area contributed by atoms with Gasteiger partial charge in [0.2, 0.25) is 0 Å². The predicted molar refractivity (Wildman–Crippen MR) is 144 cm³/mol. The molecule has 0 saturated heterocycles. The van der Waals surface area contributed by atoms with E-state index in [1.807, 2.05) is 0 Å². The molecule has 1 nitrogen and oxygen atoms in total. The molecule has 31 heavy (non-hydrogen) atoms. The molecule has 0 aliphatic heterocycles. The zero-order valence-corrected chi connectivity index (χ0v) is 22.8. The lowest BCUT2D eigenvalue weighted by Crippen LogP contribution is -2.50. The van der Waals surface area contributed by atoms with E-state index < -0.39 is 0 Å².